The van der Waals surface area contributed by atoms with Crippen LogP contribution in [0.1, 0.15) is 46.6 Å². The standard InChI is InChI=1S/C16H26BrNO/c1-6-12(2)11-19-15-8-7-14(17)9-13(15)10-18-16(3,4)5/h7-9,12,18H,6,10-11H2,1-5H3. The van der Waals surface area contributed by atoms with E-state index >= 15 is 0 Å². The average Bonchev–Trinajstić information content (AvgIpc) is 2.33. The summed E-state index contributed by atoms with van der Waals surface area (Å²) in [4.78, 5) is 0. The van der Waals surface area contributed by atoms with E-state index < -0.39 is 0 Å². The Hall–Kier alpha value is -0.540. The molecule has 2 nitrogen and oxygen atoms in total. The highest BCUT2D eigenvalue weighted by Gasteiger charge is 2.12. The fraction of sp³-hybridized carbons (Fsp3) is 0.625. The molecule has 0 aliphatic rings. The first-order valence-corrected chi connectivity index (χ1v) is 7.77. The minimum absolute atomic E-state index is 0.107. The second-order valence-corrected chi connectivity index (χ2v) is 7.10. The van der Waals surface area contributed by atoms with Crippen LogP contribution in [-0.2, 0) is 6.54 Å². The molecule has 0 amide bonds. The van der Waals surface area contributed by atoms with Crippen LogP contribution in [0.25, 0.3) is 0 Å². The average molecular weight is 328 g/mol. The molecule has 19 heavy (non-hydrogen) atoms. The smallest absolute Gasteiger partial charge is 0.123 e. The van der Waals surface area contributed by atoms with E-state index in [1.165, 1.54) is 5.56 Å². The molecular formula is C16H26BrNO. The van der Waals surface area contributed by atoms with Crippen molar-refractivity contribution in [2.75, 3.05) is 6.61 Å². The summed E-state index contributed by atoms with van der Waals surface area (Å²) in [6.45, 7) is 12.5. The second-order valence-electron chi connectivity index (χ2n) is 6.18. The lowest BCUT2D eigenvalue weighted by Gasteiger charge is -2.22. The molecule has 0 aliphatic heterocycles. The zero-order chi connectivity index (χ0) is 14.5. The molecule has 0 radical (unpaired) electrons. The van der Waals surface area contributed by atoms with Gasteiger partial charge in [-0.25, -0.2) is 0 Å². The molecule has 0 saturated heterocycles. The predicted molar refractivity (Wildman–Crippen MR) is 85.7 cm³/mol. The topological polar surface area (TPSA) is 21.3 Å². The van der Waals surface area contributed by atoms with Gasteiger partial charge in [-0.2, -0.15) is 0 Å². The Balaban J connectivity index is 2.74. The molecule has 0 aliphatic carbocycles. The van der Waals surface area contributed by atoms with Gasteiger partial charge < -0.3 is 10.1 Å². The summed E-state index contributed by atoms with van der Waals surface area (Å²) in [5.41, 5.74) is 1.31. The van der Waals surface area contributed by atoms with Crippen LogP contribution in [0.2, 0.25) is 0 Å². The number of rotatable bonds is 6. The number of ether oxygens (including phenoxy) is 1. The molecule has 3 heteroatoms. The zero-order valence-corrected chi connectivity index (χ0v) is 14.3. The summed E-state index contributed by atoms with van der Waals surface area (Å²) < 4.78 is 7.04. The van der Waals surface area contributed by atoms with E-state index in [0.29, 0.717) is 5.92 Å². The van der Waals surface area contributed by atoms with Gasteiger partial charge in [-0.3, -0.25) is 0 Å². The molecule has 0 bridgehead atoms. The van der Waals surface area contributed by atoms with Crippen LogP contribution in [0.4, 0.5) is 0 Å². The third-order valence-electron chi connectivity index (χ3n) is 3.05. The minimum Gasteiger partial charge on any atom is -0.493 e. The summed E-state index contributed by atoms with van der Waals surface area (Å²) in [6, 6.07) is 6.21. The Morgan fingerprint density at radius 1 is 1.32 bits per heavy atom. The van der Waals surface area contributed by atoms with Crippen molar-refractivity contribution >= 4 is 15.9 Å². The predicted octanol–water partition coefficient (Wildman–Crippen LogP) is 4.76. The Morgan fingerprint density at radius 3 is 2.58 bits per heavy atom. The molecule has 0 spiro atoms. The highest BCUT2D eigenvalue weighted by Crippen LogP contribution is 2.24. The van der Waals surface area contributed by atoms with E-state index in [4.69, 9.17) is 4.74 Å². The molecule has 0 saturated carbocycles. The maximum absolute atomic E-state index is 5.95. The van der Waals surface area contributed by atoms with Crippen LogP contribution < -0.4 is 10.1 Å². The minimum atomic E-state index is 0.107. The Morgan fingerprint density at radius 2 is 2.00 bits per heavy atom. The van der Waals surface area contributed by atoms with Gasteiger partial charge in [0.15, 0.2) is 0 Å². The highest BCUT2D eigenvalue weighted by molar-refractivity contribution is 9.10. The monoisotopic (exact) mass is 327 g/mol. The molecule has 1 aromatic carbocycles. The van der Waals surface area contributed by atoms with Crippen LogP contribution in [0.15, 0.2) is 22.7 Å². The largest absolute Gasteiger partial charge is 0.493 e. The van der Waals surface area contributed by atoms with Crippen molar-refractivity contribution in [1.82, 2.24) is 5.32 Å². The van der Waals surface area contributed by atoms with E-state index in [9.17, 15) is 0 Å². The molecular weight excluding hydrogens is 302 g/mol. The second kappa shape index (κ2) is 7.30. The van der Waals surface area contributed by atoms with Gasteiger partial charge in [0.25, 0.3) is 0 Å². The van der Waals surface area contributed by atoms with Crippen molar-refractivity contribution in [3.05, 3.63) is 28.2 Å². The van der Waals surface area contributed by atoms with Crippen molar-refractivity contribution in [2.45, 2.75) is 53.1 Å². The first-order valence-electron chi connectivity index (χ1n) is 6.98. The molecule has 0 heterocycles. The van der Waals surface area contributed by atoms with E-state index in [0.717, 1.165) is 29.8 Å². The fourth-order valence-electron chi connectivity index (χ4n) is 1.54. The van der Waals surface area contributed by atoms with Crippen LogP contribution in [0, 0.1) is 5.92 Å². The van der Waals surface area contributed by atoms with E-state index in [2.05, 4.69) is 61.9 Å². The Labute approximate surface area is 126 Å². The Bertz CT molecular complexity index is 398. The lowest BCUT2D eigenvalue weighted by Crippen LogP contribution is -2.35. The number of benzene rings is 1. The van der Waals surface area contributed by atoms with E-state index in [1.807, 2.05) is 12.1 Å². The summed E-state index contributed by atoms with van der Waals surface area (Å²) in [5, 5.41) is 3.51. The van der Waals surface area contributed by atoms with Crippen molar-refractivity contribution in [3.63, 3.8) is 0 Å². The maximum Gasteiger partial charge on any atom is 0.123 e. The van der Waals surface area contributed by atoms with Gasteiger partial charge >= 0.3 is 0 Å². The normalized spacial score (nSPS) is 13.4. The quantitative estimate of drug-likeness (QED) is 0.813. The van der Waals surface area contributed by atoms with Gasteiger partial charge in [0.05, 0.1) is 6.61 Å². The molecule has 0 fully saturated rings. The first-order chi connectivity index (χ1) is 8.81. The van der Waals surface area contributed by atoms with Crippen molar-refractivity contribution in [3.8, 4) is 5.75 Å². The number of halogens is 1. The van der Waals surface area contributed by atoms with Crippen LogP contribution in [0.5, 0.6) is 5.75 Å². The summed E-state index contributed by atoms with van der Waals surface area (Å²) in [7, 11) is 0. The summed E-state index contributed by atoms with van der Waals surface area (Å²) in [6.07, 6.45) is 1.14. The number of hydrogen-bond acceptors (Lipinski definition) is 2. The SMILES string of the molecule is CCC(C)COc1ccc(Br)cc1CNC(C)(C)C. The Kier molecular flexibility index (Phi) is 6.34. The summed E-state index contributed by atoms with van der Waals surface area (Å²) >= 11 is 3.53. The lowest BCUT2D eigenvalue weighted by atomic mass is 10.1. The van der Waals surface area contributed by atoms with Crippen molar-refractivity contribution in [1.29, 1.82) is 0 Å². The van der Waals surface area contributed by atoms with Gasteiger partial charge in [-0.1, -0.05) is 36.2 Å². The van der Waals surface area contributed by atoms with Gasteiger partial charge in [0.1, 0.15) is 5.75 Å². The molecule has 1 N–H and O–H groups in total. The molecule has 0 aromatic heterocycles. The van der Waals surface area contributed by atoms with Gasteiger partial charge in [-0.05, 0) is 44.9 Å². The third kappa shape index (κ3) is 6.44. The molecule has 1 unspecified atom stereocenters. The van der Waals surface area contributed by atoms with Gasteiger partial charge in [0, 0.05) is 22.1 Å². The first kappa shape index (κ1) is 16.5. The van der Waals surface area contributed by atoms with E-state index in [-0.39, 0.29) is 5.54 Å². The highest BCUT2D eigenvalue weighted by atomic mass is 79.9. The van der Waals surface area contributed by atoms with Crippen molar-refractivity contribution < 1.29 is 4.74 Å². The van der Waals surface area contributed by atoms with Crippen LogP contribution >= 0.6 is 15.9 Å². The summed E-state index contributed by atoms with van der Waals surface area (Å²) in [5.74, 6) is 1.58. The molecule has 108 valence electrons. The number of hydrogen-bond donors (Lipinski definition) is 1. The van der Waals surface area contributed by atoms with Gasteiger partial charge in [-0.15, -0.1) is 0 Å². The molecule has 1 atom stereocenters. The van der Waals surface area contributed by atoms with Crippen molar-refractivity contribution in [2.24, 2.45) is 5.92 Å². The van der Waals surface area contributed by atoms with Crippen LogP contribution in [0.3, 0.4) is 0 Å². The molecule has 1 aromatic rings. The maximum atomic E-state index is 5.95. The molecule has 1 rings (SSSR count). The van der Waals surface area contributed by atoms with Gasteiger partial charge in [0.2, 0.25) is 0 Å². The number of nitrogens with one attached hydrogen (secondary N) is 1. The fourth-order valence-corrected chi connectivity index (χ4v) is 1.95. The zero-order valence-electron chi connectivity index (χ0n) is 12.7. The van der Waals surface area contributed by atoms with Crippen LogP contribution in [-0.4, -0.2) is 12.1 Å². The van der Waals surface area contributed by atoms with E-state index in [1.54, 1.807) is 0 Å². The third-order valence-corrected chi connectivity index (χ3v) is 3.55. The lowest BCUT2D eigenvalue weighted by molar-refractivity contribution is 0.253.